The highest BCUT2D eigenvalue weighted by atomic mass is 16.5. The molecule has 2 fully saturated rings. The number of aliphatic hydroxyl groups is 1. The molecule has 0 saturated carbocycles. The zero-order valence-electron chi connectivity index (χ0n) is 15.2. The fraction of sp³-hybridized carbons (Fsp3) is 0.526. The second-order valence-electron chi connectivity index (χ2n) is 7.30. The molecule has 2 aliphatic heterocycles. The summed E-state index contributed by atoms with van der Waals surface area (Å²) in [5, 5.41) is 15.3. The number of rotatable bonds is 3. The Labute approximate surface area is 152 Å². The Hall–Kier alpha value is -2.41. The number of carbonyl (C=O) groups excluding carboxylic acids is 1. The van der Waals surface area contributed by atoms with Crippen molar-refractivity contribution in [1.29, 1.82) is 0 Å². The van der Waals surface area contributed by atoms with Gasteiger partial charge in [0.15, 0.2) is 0 Å². The van der Waals surface area contributed by atoms with Crippen LogP contribution in [0.5, 0.6) is 5.88 Å². The molecule has 1 N–H and O–H groups in total. The van der Waals surface area contributed by atoms with Gasteiger partial charge >= 0.3 is 0 Å². The van der Waals surface area contributed by atoms with E-state index >= 15 is 0 Å². The van der Waals surface area contributed by atoms with Crippen molar-refractivity contribution in [3.63, 3.8) is 0 Å². The van der Waals surface area contributed by atoms with Crippen LogP contribution < -0.4 is 4.74 Å². The predicted octanol–water partition coefficient (Wildman–Crippen LogP) is 2.35. The largest absolute Gasteiger partial charge is 0.481 e. The molecule has 7 heteroatoms. The molecule has 2 aliphatic rings. The van der Waals surface area contributed by atoms with Crippen LogP contribution >= 0.6 is 0 Å². The highest BCUT2D eigenvalue weighted by molar-refractivity contribution is 5.96. The van der Waals surface area contributed by atoms with Crippen LogP contribution in [0.15, 0.2) is 22.9 Å². The fourth-order valence-corrected chi connectivity index (χ4v) is 4.60. The van der Waals surface area contributed by atoms with Crippen molar-refractivity contribution < 1.29 is 19.2 Å². The maximum atomic E-state index is 13.1. The monoisotopic (exact) mass is 357 g/mol. The smallest absolute Gasteiger partial charge is 0.259 e. The topological polar surface area (TPSA) is 88.7 Å². The third-order valence-corrected chi connectivity index (χ3v) is 5.71. The molecule has 0 aliphatic carbocycles. The number of aryl methyl sites for hydroxylation is 2. The molecule has 0 radical (unpaired) electrons. The summed E-state index contributed by atoms with van der Waals surface area (Å²) in [6.45, 7) is 3.54. The maximum Gasteiger partial charge on any atom is 0.259 e. The van der Waals surface area contributed by atoms with Crippen LogP contribution in [-0.4, -0.2) is 45.2 Å². The van der Waals surface area contributed by atoms with Crippen molar-refractivity contribution in [2.75, 3.05) is 7.11 Å². The Morgan fingerprint density at radius 1 is 1.35 bits per heavy atom. The van der Waals surface area contributed by atoms with Gasteiger partial charge < -0.3 is 19.3 Å². The number of piperidine rings is 1. The van der Waals surface area contributed by atoms with Gasteiger partial charge in [0, 0.05) is 36.7 Å². The summed E-state index contributed by atoms with van der Waals surface area (Å²) in [5.74, 6) is 0.940. The van der Waals surface area contributed by atoms with Gasteiger partial charge in [-0.15, -0.1) is 0 Å². The lowest BCUT2D eigenvalue weighted by Crippen LogP contribution is -2.52. The third kappa shape index (κ3) is 2.49. The number of pyridine rings is 1. The molecule has 0 unspecified atom stereocenters. The van der Waals surface area contributed by atoms with E-state index in [9.17, 15) is 9.90 Å². The summed E-state index contributed by atoms with van der Waals surface area (Å²) in [5.41, 5.74) is 0.817. The standard InChI is InChI=1S/C19H23N3O4/c1-11-16(12(2)26-21-11)18(23)22-13-6-7-14(22)10-19(24,9-13)15-5-4-8-20-17(15)25-3/h4-5,8,13-14,24H,6-7,9-10H2,1-3H3/t13-,14-/m0/s1. The zero-order valence-corrected chi connectivity index (χ0v) is 15.2. The molecule has 4 heterocycles. The van der Waals surface area contributed by atoms with Gasteiger partial charge in [0.25, 0.3) is 5.91 Å². The minimum Gasteiger partial charge on any atom is -0.481 e. The Morgan fingerprint density at radius 2 is 2.04 bits per heavy atom. The van der Waals surface area contributed by atoms with Gasteiger partial charge in [0.2, 0.25) is 5.88 Å². The lowest BCUT2D eigenvalue weighted by molar-refractivity contribution is -0.0494. The first kappa shape index (κ1) is 17.0. The summed E-state index contributed by atoms with van der Waals surface area (Å²) >= 11 is 0. The molecular weight excluding hydrogens is 334 g/mol. The number of aromatic nitrogens is 2. The number of nitrogens with zero attached hydrogens (tertiary/aromatic N) is 3. The molecule has 2 bridgehead atoms. The van der Waals surface area contributed by atoms with E-state index in [4.69, 9.17) is 9.26 Å². The van der Waals surface area contributed by atoms with E-state index in [0.29, 0.717) is 41.3 Å². The molecular formula is C19H23N3O4. The average Bonchev–Trinajstić information content (AvgIpc) is 3.11. The van der Waals surface area contributed by atoms with Crippen LogP contribution in [0, 0.1) is 13.8 Å². The Morgan fingerprint density at radius 3 is 2.62 bits per heavy atom. The van der Waals surface area contributed by atoms with Gasteiger partial charge in [0.05, 0.1) is 18.4 Å². The second kappa shape index (κ2) is 6.09. The number of fused-ring (bicyclic) bond motifs is 2. The molecule has 2 atom stereocenters. The Bertz CT molecular complexity index is 814. The number of hydrogen-bond donors (Lipinski definition) is 1. The minimum atomic E-state index is -1.04. The molecule has 138 valence electrons. The van der Waals surface area contributed by atoms with Crippen LogP contribution in [-0.2, 0) is 5.60 Å². The summed E-state index contributed by atoms with van der Waals surface area (Å²) in [7, 11) is 1.56. The second-order valence-corrected chi connectivity index (χ2v) is 7.30. The summed E-state index contributed by atoms with van der Waals surface area (Å²) in [6.07, 6.45) is 4.35. The average molecular weight is 357 g/mol. The van der Waals surface area contributed by atoms with E-state index in [1.165, 1.54) is 0 Å². The van der Waals surface area contributed by atoms with Gasteiger partial charge in [-0.05, 0) is 38.8 Å². The highest BCUT2D eigenvalue weighted by Gasteiger charge is 2.51. The number of ether oxygens (including phenoxy) is 1. The summed E-state index contributed by atoms with van der Waals surface area (Å²) in [6, 6.07) is 3.62. The SMILES string of the molecule is COc1ncccc1C1(O)C[C@@H]2CC[C@@H](C1)N2C(=O)c1c(C)noc1C. The maximum absolute atomic E-state index is 13.1. The first-order valence-electron chi connectivity index (χ1n) is 8.92. The highest BCUT2D eigenvalue weighted by Crippen LogP contribution is 2.48. The normalized spacial score (nSPS) is 27.6. The predicted molar refractivity (Wildman–Crippen MR) is 92.9 cm³/mol. The summed E-state index contributed by atoms with van der Waals surface area (Å²) < 4.78 is 10.5. The number of carbonyl (C=O) groups is 1. The van der Waals surface area contributed by atoms with Gasteiger partial charge in [0.1, 0.15) is 11.3 Å². The van der Waals surface area contributed by atoms with Gasteiger partial charge in [-0.2, -0.15) is 0 Å². The van der Waals surface area contributed by atoms with Crippen molar-refractivity contribution >= 4 is 5.91 Å². The Kier molecular flexibility index (Phi) is 3.99. The zero-order chi connectivity index (χ0) is 18.5. The molecule has 4 rings (SSSR count). The lowest BCUT2D eigenvalue weighted by atomic mass is 9.80. The summed E-state index contributed by atoms with van der Waals surface area (Å²) in [4.78, 5) is 19.3. The number of methoxy groups -OCH3 is 1. The third-order valence-electron chi connectivity index (χ3n) is 5.71. The van der Waals surface area contributed by atoms with Crippen molar-refractivity contribution in [1.82, 2.24) is 15.0 Å². The molecule has 7 nitrogen and oxygen atoms in total. The van der Waals surface area contributed by atoms with E-state index in [2.05, 4.69) is 10.1 Å². The fourth-order valence-electron chi connectivity index (χ4n) is 4.60. The van der Waals surface area contributed by atoms with Crippen LogP contribution in [0.3, 0.4) is 0 Å². The van der Waals surface area contributed by atoms with E-state index in [1.54, 1.807) is 33.2 Å². The number of amides is 1. The number of hydrogen-bond acceptors (Lipinski definition) is 6. The van der Waals surface area contributed by atoms with E-state index in [1.807, 2.05) is 11.0 Å². The molecule has 1 amide bonds. The molecule has 0 aromatic carbocycles. The van der Waals surface area contributed by atoms with Crippen molar-refractivity contribution in [2.24, 2.45) is 0 Å². The molecule has 26 heavy (non-hydrogen) atoms. The first-order valence-corrected chi connectivity index (χ1v) is 8.92. The van der Waals surface area contributed by atoms with E-state index in [-0.39, 0.29) is 18.0 Å². The van der Waals surface area contributed by atoms with E-state index < -0.39 is 5.60 Å². The quantitative estimate of drug-likeness (QED) is 0.907. The van der Waals surface area contributed by atoms with Crippen molar-refractivity contribution in [3.8, 4) is 5.88 Å². The van der Waals surface area contributed by atoms with Crippen LogP contribution in [0.1, 0.15) is 53.1 Å². The van der Waals surface area contributed by atoms with Gasteiger partial charge in [-0.3, -0.25) is 4.79 Å². The van der Waals surface area contributed by atoms with Crippen molar-refractivity contribution in [3.05, 3.63) is 40.9 Å². The lowest BCUT2D eigenvalue weighted by Gasteiger charge is -2.44. The Balaban J connectivity index is 1.65. The molecule has 2 saturated heterocycles. The van der Waals surface area contributed by atoms with Crippen molar-refractivity contribution in [2.45, 2.75) is 57.2 Å². The van der Waals surface area contributed by atoms with Gasteiger partial charge in [-0.25, -0.2) is 4.98 Å². The molecule has 2 aromatic heterocycles. The van der Waals surface area contributed by atoms with E-state index in [0.717, 1.165) is 12.8 Å². The van der Waals surface area contributed by atoms with Crippen LogP contribution in [0.2, 0.25) is 0 Å². The van der Waals surface area contributed by atoms with Crippen LogP contribution in [0.25, 0.3) is 0 Å². The van der Waals surface area contributed by atoms with Crippen LogP contribution in [0.4, 0.5) is 0 Å². The molecule has 0 spiro atoms. The first-order chi connectivity index (χ1) is 12.4. The minimum absolute atomic E-state index is 0.0233. The molecule has 2 aromatic rings. The van der Waals surface area contributed by atoms with Gasteiger partial charge in [-0.1, -0.05) is 5.16 Å².